The van der Waals surface area contributed by atoms with Crippen molar-refractivity contribution < 1.29 is 23.6 Å². The molecule has 0 atom stereocenters. The highest BCUT2D eigenvalue weighted by Crippen LogP contribution is 2.35. The molecule has 1 fully saturated rings. The number of unbranched alkanes of at least 4 members (excludes halogenated alkanes) is 1. The van der Waals surface area contributed by atoms with Crippen LogP contribution in [0.4, 0.5) is 4.39 Å². The standard InChI is InChI=1S/C35H42FN5O5/c1-4-5-10-30-28(33(42)41(31(38-30)17-18-37)23-12-14-24(15-13-23)45-21-35(2,3)44)19-22-11-16-26(29(36)20-22)25-8-6-7-9-27(25)32-39-34(43)46-40-32/h6-9,11,16-18,20,23-24,37-38,44H,4-5,10,12-15,19,21H2,1-3H3,(H,39,40,43)/b31-17+,37-18?. The molecule has 10 nitrogen and oxygen atoms in total. The second-order valence-corrected chi connectivity index (χ2v) is 12.6. The van der Waals surface area contributed by atoms with E-state index in [0.29, 0.717) is 40.1 Å². The van der Waals surface area contributed by atoms with Crippen LogP contribution in [-0.4, -0.2) is 56.6 Å². The van der Waals surface area contributed by atoms with Gasteiger partial charge in [-0.3, -0.25) is 19.2 Å². The molecule has 0 saturated heterocycles. The van der Waals surface area contributed by atoms with E-state index in [4.69, 9.17) is 10.1 Å². The number of aromatic nitrogens is 2. The fourth-order valence-corrected chi connectivity index (χ4v) is 6.14. The molecule has 0 bridgehead atoms. The highest BCUT2D eigenvalue weighted by atomic mass is 19.1. The third-order valence-corrected chi connectivity index (χ3v) is 8.41. The van der Waals surface area contributed by atoms with Gasteiger partial charge in [0.25, 0.3) is 5.91 Å². The maximum atomic E-state index is 15.8. The summed E-state index contributed by atoms with van der Waals surface area (Å²) < 4.78 is 26.4. The molecule has 11 heteroatoms. The Morgan fingerprint density at radius 2 is 1.87 bits per heavy atom. The third kappa shape index (κ3) is 7.71. The molecule has 4 N–H and O–H groups in total. The maximum Gasteiger partial charge on any atom is 0.439 e. The largest absolute Gasteiger partial charge is 0.439 e. The van der Waals surface area contributed by atoms with E-state index in [1.807, 2.05) is 6.07 Å². The van der Waals surface area contributed by atoms with Gasteiger partial charge in [0, 0.05) is 41.1 Å². The number of benzene rings is 2. The minimum atomic E-state index is -0.906. The van der Waals surface area contributed by atoms with Gasteiger partial charge in [0.05, 0.1) is 18.3 Å². The highest BCUT2D eigenvalue weighted by molar-refractivity contribution is 5.97. The van der Waals surface area contributed by atoms with Crippen molar-refractivity contribution in [2.45, 2.75) is 89.9 Å². The molecular weight excluding hydrogens is 589 g/mol. The van der Waals surface area contributed by atoms with Crippen LogP contribution >= 0.6 is 0 Å². The van der Waals surface area contributed by atoms with Crippen molar-refractivity contribution in [3.8, 4) is 22.5 Å². The lowest BCUT2D eigenvalue weighted by atomic mass is 9.89. The van der Waals surface area contributed by atoms with E-state index in [1.54, 1.807) is 55.2 Å². The molecule has 1 saturated carbocycles. The van der Waals surface area contributed by atoms with Crippen molar-refractivity contribution >= 4 is 12.1 Å². The van der Waals surface area contributed by atoms with Crippen molar-refractivity contribution in [2.24, 2.45) is 0 Å². The average Bonchev–Trinajstić information content (AvgIpc) is 3.47. The van der Waals surface area contributed by atoms with Crippen molar-refractivity contribution in [3.63, 3.8) is 0 Å². The third-order valence-electron chi connectivity index (χ3n) is 8.41. The fourth-order valence-electron chi connectivity index (χ4n) is 6.14. The van der Waals surface area contributed by atoms with E-state index in [1.165, 1.54) is 12.3 Å². The molecule has 2 aromatic carbocycles. The lowest BCUT2D eigenvalue weighted by Gasteiger charge is -2.42. The second kappa shape index (κ2) is 14.4. The van der Waals surface area contributed by atoms with Crippen LogP contribution in [0.5, 0.6) is 0 Å². The zero-order valence-electron chi connectivity index (χ0n) is 26.6. The van der Waals surface area contributed by atoms with Crippen LogP contribution in [0, 0.1) is 11.2 Å². The molecule has 0 spiro atoms. The molecule has 244 valence electrons. The van der Waals surface area contributed by atoms with Gasteiger partial charge in [0.1, 0.15) is 11.6 Å². The Labute approximate surface area is 267 Å². The summed E-state index contributed by atoms with van der Waals surface area (Å²) in [5.74, 6) is -0.504. The number of allylic oxidation sites excluding steroid dienone is 2. The molecule has 2 heterocycles. The van der Waals surface area contributed by atoms with E-state index in [9.17, 15) is 14.7 Å². The Morgan fingerprint density at radius 1 is 1.13 bits per heavy atom. The Kier molecular flexibility index (Phi) is 10.3. The van der Waals surface area contributed by atoms with Gasteiger partial charge in [-0.25, -0.2) is 9.18 Å². The number of carbonyl (C=O) groups is 1. The summed E-state index contributed by atoms with van der Waals surface area (Å²) in [4.78, 5) is 30.2. The van der Waals surface area contributed by atoms with Gasteiger partial charge in [-0.2, -0.15) is 0 Å². The molecule has 2 aliphatic rings. The number of aliphatic hydroxyl groups is 1. The van der Waals surface area contributed by atoms with E-state index >= 15 is 4.39 Å². The number of nitrogens with one attached hydrogen (secondary N) is 3. The Morgan fingerprint density at radius 3 is 2.50 bits per heavy atom. The lowest BCUT2D eigenvalue weighted by Crippen LogP contribution is -2.50. The number of carbonyl (C=O) groups excluding carboxylic acids is 1. The highest BCUT2D eigenvalue weighted by Gasteiger charge is 2.37. The number of rotatable bonds is 12. The van der Waals surface area contributed by atoms with Crippen molar-refractivity contribution in [2.75, 3.05) is 6.61 Å². The smallest absolute Gasteiger partial charge is 0.388 e. The van der Waals surface area contributed by atoms with Crippen LogP contribution in [0.15, 0.2) is 74.9 Å². The predicted molar refractivity (Wildman–Crippen MR) is 173 cm³/mol. The number of hydrogen-bond donors (Lipinski definition) is 4. The lowest BCUT2D eigenvalue weighted by molar-refractivity contribution is -0.130. The summed E-state index contributed by atoms with van der Waals surface area (Å²) in [6.07, 6.45) is 8.45. The van der Waals surface area contributed by atoms with E-state index in [-0.39, 0.29) is 36.9 Å². The molecule has 0 unspecified atom stereocenters. The van der Waals surface area contributed by atoms with Gasteiger partial charge >= 0.3 is 5.76 Å². The number of halogens is 1. The maximum absolute atomic E-state index is 15.8. The molecule has 1 aromatic heterocycles. The van der Waals surface area contributed by atoms with Crippen molar-refractivity contribution in [1.82, 2.24) is 20.4 Å². The zero-order valence-corrected chi connectivity index (χ0v) is 26.6. The van der Waals surface area contributed by atoms with E-state index in [0.717, 1.165) is 44.2 Å². The predicted octanol–water partition coefficient (Wildman–Crippen LogP) is 5.84. The zero-order chi connectivity index (χ0) is 32.8. The van der Waals surface area contributed by atoms with Gasteiger partial charge in [-0.05, 0) is 75.6 Å². The van der Waals surface area contributed by atoms with Crippen LogP contribution in [0.25, 0.3) is 22.5 Å². The molecule has 0 radical (unpaired) electrons. The number of ether oxygens (including phenoxy) is 1. The van der Waals surface area contributed by atoms with E-state index < -0.39 is 17.2 Å². The van der Waals surface area contributed by atoms with Gasteiger partial charge in [-0.15, -0.1) is 0 Å². The molecule has 1 aliphatic heterocycles. The summed E-state index contributed by atoms with van der Waals surface area (Å²) in [5.41, 5.74) is 2.53. The number of amides is 1. The monoisotopic (exact) mass is 631 g/mol. The van der Waals surface area contributed by atoms with Crippen molar-refractivity contribution in [3.05, 3.63) is 87.6 Å². The van der Waals surface area contributed by atoms with Crippen LogP contribution in [0.1, 0.15) is 71.3 Å². The molecule has 3 aromatic rings. The summed E-state index contributed by atoms with van der Waals surface area (Å²) in [6, 6.07) is 11.9. The number of H-pyrrole nitrogens is 1. The summed E-state index contributed by atoms with van der Waals surface area (Å²) >= 11 is 0. The van der Waals surface area contributed by atoms with Crippen LogP contribution in [-0.2, 0) is 16.0 Å². The van der Waals surface area contributed by atoms with Crippen LogP contribution < -0.4 is 11.1 Å². The number of aromatic amines is 1. The minimum Gasteiger partial charge on any atom is -0.388 e. The first-order valence-electron chi connectivity index (χ1n) is 15.9. The first kappa shape index (κ1) is 33.0. The van der Waals surface area contributed by atoms with Crippen molar-refractivity contribution in [1.29, 1.82) is 5.41 Å². The minimum absolute atomic E-state index is 0.0111. The summed E-state index contributed by atoms with van der Waals surface area (Å²) in [6.45, 7) is 5.77. The topological polar surface area (TPSA) is 145 Å². The Balaban J connectivity index is 1.41. The van der Waals surface area contributed by atoms with Gasteiger partial charge in [0.2, 0.25) is 0 Å². The number of nitrogens with zero attached hydrogens (tertiary/aromatic N) is 2. The van der Waals surface area contributed by atoms with Gasteiger partial charge < -0.3 is 20.6 Å². The second-order valence-electron chi connectivity index (χ2n) is 12.6. The molecule has 1 amide bonds. The molecular formula is C35H42FN5O5. The Hall–Kier alpha value is -4.35. The summed E-state index contributed by atoms with van der Waals surface area (Å²) in [7, 11) is 0. The molecule has 1 aliphatic carbocycles. The normalized spacial score (nSPS) is 19.9. The van der Waals surface area contributed by atoms with Crippen LogP contribution in [0.2, 0.25) is 0 Å². The summed E-state index contributed by atoms with van der Waals surface area (Å²) in [5, 5.41) is 25.1. The Bertz CT molecular complexity index is 1680. The van der Waals surface area contributed by atoms with E-state index in [2.05, 4.69) is 26.9 Å². The molecule has 5 rings (SSSR count). The van der Waals surface area contributed by atoms with Gasteiger partial charge in [0.15, 0.2) is 5.82 Å². The molecule has 46 heavy (non-hydrogen) atoms. The SMILES string of the molecule is CCCCC1=C(Cc2ccc(-c3ccccc3-c3noc(=O)[nH]3)c(F)c2)C(=O)N(C2CCC(OCC(C)(C)O)CC2)/C(=C/C=N)N1. The first-order chi connectivity index (χ1) is 22.1. The van der Waals surface area contributed by atoms with Crippen LogP contribution in [0.3, 0.4) is 0 Å². The van der Waals surface area contributed by atoms with Gasteiger partial charge in [-0.1, -0.05) is 54.9 Å². The number of hydrogen-bond acceptors (Lipinski definition) is 8. The quantitative estimate of drug-likeness (QED) is 0.184. The first-order valence-corrected chi connectivity index (χ1v) is 15.9. The fraction of sp³-hybridized carbons (Fsp3) is 0.429. The average molecular weight is 632 g/mol.